The van der Waals surface area contributed by atoms with E-state index in [9.17, 15) is 43.2 Å². The molecule has 6 nitrogen and oxygen atoms in total. The molecular weight excluding hydrogens is 353 g/mol. The predicted molar refractivity (Wildman–Crippen MR) is 38.3 cm³/mol. The van der Waals surface area contributed by atoms with Crippen molar-refractivity contribution in [2.75, 3.05) is 0 Å². The molecule has 0 aliphatic rings. The molecule has 109 valence electrons. The van der Waals surface area contributed by atoms with Crippen molar-refractivity contribution in [2.24, 2.45) is 10.3 Å². The molecule has 0 aliphatic heterocycles. The van der Waals surface area contributed by atoms with Crippen LogP contribution in [-0.4, -0.2) is 27.9 Å². The number of halogens is 6. The molecule has 0 rings (SSSR count). The summed E-state index contributed by atoms with van der Waals surface area (Å²) in [6.45, 7) is 0. The molecule has 0 saturated heterocycles. The van der Waals surface area contributed by atoms with E-state index in [0.29, 0.717) is 0 Å². The Hall–Kier alpha value is -0.0935. The Labute approximate surface area is 102 Å². The molecule has 0 atom stereocenters. The maximum atomic E-state index is 10.8. The summed E-state index contributed by atoms with van der Waals surface area (Å²) in [5.41, 5.74) is -10.6. The van der Waals surface area contributed by atoms with Gasteiger partial charge in [0, 0.05) is 16.8 Å². The van der Waals surface area contributed by atoms with Crippen LogP contribution in [0.4, 0.5) is 26.3 Å². The Morgan fingerprint density at radius 2 is 0.706 bits per heavy atom. The van der Waals surface area contributed by atoms with Crippen molar-refractivity contribution in [1.29, 1.82) is 0 Å². The van der Waals surface area contributed by atoms with Gasteiger partial charge in [0.05, 0.1) is 0 Å². The van der Waals surface area contributed by atoms with E-state index in [4.69, 9.17) is 0 Å². The first-order valence-corrected chi connectivity index (χ1v) is 5.77. The van der Waals surface area contributed by atoms with Gasteiger partial charge in [0.2, 0.25) is 0 Å². The maximum Gasteiger partial charge on any atom is 0.511 e. The van der Waals surface area contributed by atoms with E-state index in [1.54, 1.807) is 0 Å². The van der Waals surface area contributed by atoms with Crippen molar-refractivity contribution < 1.29 is 60.0 Å². The fourth-order valence-corrected chi connectivity index (χ4v) is 0. The zero-order valence-corrected chi connectivity index (χ0v) is 9.88. The third kappa shape index (κ3) is 9.59. The van der Waals surface area contributed by atoms with Crippen LogP contribution in [0.25, 0.3) is 0 Å². The summed E-state index contributed by atoms with van der Waals surface area (Å²) in [5.74, 6) is 0. The minimum absolute atomic E-state index is 0. The summed E-state index contributed by atoms with van der Waals surface area (Å²) in [5, 5.41) is 7.32. The molecule has 0 aromatic rings. The van der Waals surface area contributed by atoms with Gasteiger partial charge in [-0.1, -0.05) is 0 Å². The Bertz CT molecular complexity index is 380. The van der Waals surface area contributed by atoms with Crippen LogP contribution >= 0.6 is 0 Å². The molecular formula is C2H4CoF6N2O4S2. The van der Waals surface area contributed by atoms with Gasteiger partial charge in [-0.2, -0.15) is 26.3 Å². The number of alkyl halides is 6. The van der Waals surface area contributed by atoms with Gasteiger partial charge in [0.25, 0.3) is 0 Å². The van der Waals surface area contributed by atoms with Gasteiger partial charge in [0.15, 0.2) is 0 Å². The van der Waals surface area contributed by atoms with Crippen LogP contribution < -0.4 is 10.3 Å². The number of hydrogen-bond acceptors (Lipinski definition) is 4. The average molecular weight is 357 g/mol. The second kappa shape index (κ2) is 6.18. The molecule has 0 saturated carbocycles. The van der Waals surface area contributed by atoms with Gasteiger partial charge >= 0.3 is 31.1 Å². The summed E-state index contributed by atoms with van der Waals surface area (Å²) in [6.07, 6.45) is 0. The molecule has 17 heavy (non-hydrogen) atoms. The predicted octanol–water partition coefficient (Wildman–Crippen LogP) is -0.413. The SMILES string of the molecule is NS(=O)(=O)C(F)(F)F.NS(=O)(=O)C(F)(F)F.[Co]. The van der Waals surface area contributed by atoms with E-state index >= 15 is 0 Å². The Kier molecular flexibility index (Phi) is 8.05. The Morgan fingerprint density at radius 1 is 0.647 bits per heavy atom. The molecule has 15 heteroatoms. The fourth-order valence-electron chi connectivity index (χ4n) is 0. The topological polar surface area (TPSA) is 120 Å². The Morgan fingerprint density at radius 3 is 0.706 bits per heavy atom. The first-order chi connectivity index (χ1) is 6.50. The summed E-state index contributed by atoms with van der Waals surface area (Å²) in [7, 11) is -10.7. The molecule has 0 unspecified atom stereocenters. The van der Waals surface area contributed by atoms with Crippen LogP contribution in [0.2, 0.25) is 0 Å². The van der Waals surface area contributed by atoms with Crippen LogP contribution in [0.15, 0.2) is 0 Å². The molecule has 0 amide bonds. The van der Waals surface area contributed by atoms with Gasteiger partial charge in [0.1, 0.15) is 0 Å². The third-order valence-corrected chi connectivity index (χ3v) is 1.94. The van der Waals surface area contributed by atoms with Gasteiger partial charge in [-0.05, 0) is 0 Å². The summed E-state index contributed by atoms with van der Waals surface area (Å²) >= 11 is 0. The molecule has 0 heterocycles. The quantitative estimate of drug-likeness (QED) is 0.573. The van der Waals surface area contributed by atoms with Gasteiger partial charge in [-0.3, -0.25) is 0 Å². The molecule has 0 fully saturated rings. The number of hydrogen-bond donors (Lipinski definition) is 2. The first kappa shape index (κ1) is 22.1. The van der Waals surface area contributed by atoms with Crippen molar-refractivity contribution >= 4 is 20.0 Å². The van der Waals surface area contributed by atoms with Crippen molar-refractivity contribution in [2.45, 2.75) is 11.0 Å². The monoisotopic (exact) mass is 357 g/mol. The first-order valence-electron chi connectivity index (χ1n) is 2.68. The van der Waals surface area contributed by atoms with Crippen LogP contribution in [0.3, 0.4) is 0 Å². The van der Waals surface area contributed by atoms with E-state index in [0.717, 1.165) is 0 Å². The molecule has 4 N–H and O–H groups in total. The van der Waals surface area contributed by atoms with Gasteiger partial charge in [-0.15, -0.1) is 0 Å². The van der Waals surface area contributed by atoms with Crippen molar-refractivity contribution in [1.82, 2.24) is 0 Å². The van der Waals surface area contributed by atoms with E-state index in [1.807, 2.05) is 0 Å². The van der Waals surface area contributed by atoms with E-state index in [2.05, 4.69) is 10.3 Å². The molecule has 0 aromatic heterocycles. The van der Waals surface area contributed by atoms with Crippen LogP contribution in [0, 0.1) is 0 Å². The number of sulfonamides is 2. The van der Waals surface area contributed by atoms with Crippen molar-refractivity contribution in [3.05, 3.63) is 0 Å². The molecule has 0 aromatic carbocycles. The average Bonchev–Trinajstić information content (AvgIpc) is 1.77. The minimum atomic E-state index is -5.34. The minimum Gasteiger partial charge on any atom is -0.221 e. The fraction of sp³-hybridized carbons (Fsp3) is 1.00. The van der Waals surface area contributed by atoms with E-state index in [1.165, 1.54) is 0 Å². The maximum absolute atomic E-state index is 10.8. The molecule has 0 bridgehead atoms. The number of rotatable bonds is 0. The number of primary sulfonamides is 2. The van der Waals surface area contributed by atoms with Crippen molar-refractivity contribution in [3.8, 4) is 0 Å². The second-order valence-corrected chi connectivity index (χ2v) is 5.09. The Balaban J connectivity index is -0.000000218. The third-order valence-electron chi connectivity index (χ3n) is 0.645. The van der Waals surface area contributed by atoms with Gasteiger partial charge in [-0.25, -0.2) is 27.1 Å². The summed E-state index contributed by atoms with van der Waals surface area (Å²) < 4.78 is 102. The van der Waals surface area contributed by atoms with E-state index < -0.39 is 31.1 Å². The van der Waals surface area contributed by atoms with E-state index in [-0.39, 0.29) is 16.8 Å². The second-order valence-electron chi connectivity index (χ2n) is 1.98. The summed E-state index contributed by atoms with van der Waals surface area (Å²) in [6, 6.07) is 0. The zero-order valence-electron chi connectivity index (χ0n) is 7.21. The van der Waals surface area contributed by atoms with Crippen LogP contribution in [0.1, 0.15) is 0 Å². The van der Waals surface area contributed by atoms with Crippen LogP contribution in [0.5, 0.6) is 0 Å². The molecule has 1 radical (unpaired) electrons. The normalized spacial score (nSPS) is 13.2. The number of nitrogens with two attached hydrogens (primary N) is 2. The standard InChI is InChI=1S/2CH2F3NO2S.Co/c2*2-1(3,4)8(5,6)7;/h2*(H2,5,6,7);. The van der Waals surface area contributed by atoms with Gasteiger partial charge < -0.3 is 0 Å². The summed E-state index contributed by atoms with van der Waals surface area (Å²) in [4.78, 5) is 0. The smallest absolute Gasteiger partial charge is 0.221 e. The molecule has 0 spiro atoms. The molecule has 0 aliphatic carbocycles. The zero-order chi connectivity index (χ0) is 14.0. The van der Waals surface area contributed by atoms with Crippen LogP contribution in [-0.2, 0) is 36.8 Å². The van der Waals surface area contributed by atoms with Crippen molar-refractivity contribution in [3.63, 3.8) is 0 Å². The largest absolute Gasteiger partial charge is 0.511 e.